The summed E-state index contributed by atoms with van der Waals surface area (Å²) in [5, 5.41) is 0. The Labute approximate surface area is 76.3 Å². The Hall–Kier alpha value is 0.427. The van der Waals surface area contributed by atoms with Crippen LogP contribution in [-0.2, 0) is 0 Å². The molecule has 0 aromatic rings. The highest BCUT2D eigenvalue weighted by Crippen LogP contribution is 1.96. The first-order valence-electron chi connectivity index (χ1n) is 4.19. The van der Waals surface area contributed by atoms with Gasteiger partial charge >= 0.3 is 0 Å². The first kappa shape index (κ1) is 11.4. The van der Waals surface area contributed by atoms with Gasteiger partial charge in [-0.2, -0.15) is 11.1 Å². The molecule has 0 rings (SSSR count). The molecule has 1 atom stereocenters. The molecule has 1 N–H and O–H groups in total. The summed E-state index contributed by atoms with van der Waals surface area (Å²) in [4.78, 5) is 5.54. The van der Waals surface area contributed by atoms with Crippen molar-refractivity contribution in [3.05, 3.63) is 0 Å². The number of nitrogens with one attached hydrogen (secondary N) is 1. The van der Waals surface area contributed by atoms with Crippen molar-refractivity contribution < 1.29 is 0 Å². The van der Waals surface area contributed by atoms with Crippen LogP contribution < -0.4 is 4.98 Å². The molecule has 0 spiro atoms. The number of nitrogens with zero attached hydrogens (tertiary/aromatic N) is 1. The third kappa shape index (κ3) is 8.33. The van der Waals surface area contributed by atoms with Crippen LogP contribution >= 0.6 is 11.1 Å². The molecular weight excluding hydrogens is 176 g/mol. The summed E-state index contributed by atoms with van der Waals surface area (Å²) < 4.78 is 0. The maximum atomic E-state index is 6.07. The molecule has 0 aromatic carbocycles. The lowest BCUT2D eigenvalue weighted by Crippen LogP contribution is -2.34. The minimum absolute atomic E-state index is 1.04. The van der Waals surface area contributed by atoms with E-state index in [9.17, 15) is 0 Å². The van der Waals surface area contributed by atoms with Crippen molar-refractivity contribution in [1.29, 1.82) is 0 Å². The Morgan fingerprint density at radius 1 is 1.45 bits per heavy atom. The van der Waals surface area contributed by atoms with Gasteiger partial charge in [-0.1, -0.05) is 13.3 Å². The third-order valence-electron chi connectivity index (χ3n) is 1.47. The highest BCUT2D eigenvalue weighted by atomic mass is 35.6. The molecule has 0 saturated carbocycles. The Bertz CT molecular complexity index is 90.5. The maximum Gasteiger partial charge on any atom is 0.211 e. The highest BCUT2D eigenvalue weighted by molar-refractivity contribution is 7.05. The van der Waals surface area contributed by atoms with Gasteiger partial charge in [0.2, 0.25) is 8.27 Å². The standard InChI is InChI=1S/C7H19ClN2Si/c1-4-7-11(8)9-5-6-10(2)3/h9,11H,4-7H2,1-3H3. The molecule has 0 fully saturated rings. The minimum Gasteiger partial charge on any atom is -0.326 e. The van der Waals surface area contributed by atoms with Crippen LogP contribution in [0.15, 0.2) is 0 Å². The molecule has 0 aromatic heterocycles. The third-order valence-corrected chi connectivity index (χ3v) is 4.40. The molecule has 0 saturated heterocycles. The van der Waals surface area contributed by atoms with Crippen LogP contribution in [-0.4, -0.2) is 40.4 Å². The van der Waals surface area contributed by atoms with Crippen molar-refractivity contribution >= 4 is 19.3 Å². The topological polar surface area (TPSA) is 15.3 Å². The Morgan fingerprint density at radius 2 is 2.09 bits per heavy atom. The average Bonchev–Trinajstić information content (AvgIpc) is 1.87. The predicted octanol–water partition coefficient (Wildman–Crippen LogP) is 1.01. The van der Waals surface area contributed by atoms with E-state index in [1.54, 1.807) is 0 Å². The van der Waals surface area contributed by atoms with Gasteiger partial charge < -0.3 is 9.88 Å². The van der Waals surface area contributed by atoms with Crippen LogP contribution in [0.25, 0.3) is 0 Å². The van der Waals surface area contributed by atoms with E-state index in [0.29, 0.717) is 0 Å². The van der Waals surface area contributed by atoms with Gasteiger partial charge in [-0.25, -0.2) is 0 Å². The first-order chi connectivity index (χ1) is 5.16. The van der Waals surface area contributed by atoms with E-state index >= 15 is 0 Å². The zero-order chi connectivity index (χ0) is 8.69. The summed E-state index contributed by atoms with van der Waals surface area (Å²) in [5.41, 5.74) is 0. The normalized spacial score (nSPS) is 13.9. The van der Waals surface area contributed by atoms with E-state index < -0.39 is 8.27 Å². The van der Waals surface area contributed by atoms with E-state index in [1.807, 2.05) is 0 Å². The highest BCUT2D eigenvalue weighted by Gasteiger charge is 2.03. The molecule has 2 nitrogen and oxygen atoms in total. The largest absolute Gasteiger partial charge is 0.326 e. The molecule has 0 aliphatic carbocycles. The van der Waals surface area contributed by atoms with Crippen molar-refractivity contribution in [2.75, 3.05) is 27.2 Å². The summed E-state index contributed by atoms with van der Waals surface area (Å²) in [6.45, 7) is 4.29. The fourth-order valence-corrected chi connectivity index (χ4v) is 2.94. The van der Waals surface area contributed by atoms with Crippen molar-refractivity contribution in [3.63, 3.8) is 0 Å². The van der Waals surface area contributed by atoms with Gasteiger partial charge in [-0.3, -0.25) is 0 Å². The van der Waals surface area contributed by atoms with Gasteiger partial charge in [0.15, 0.2) is 0 Å². The van der Waals surface area contributed by atoms with Crippen LogP contribution in [0.3, 0.4) is 0 Å². The van der Waals surface area contributed by atoms with E-state index in [4.69, 9.17) is 11.1 Å². The molecule has 0 aliphatic rings. The molecule has 11 heavy (non-hydrogen) atoms. The van der Waals surface area contributed by atoms with Gasteiger partial charge in [0.25, 0.3) is 0 Å². The average molecular weight is 195 g/mol. The van der Waals surface area contributed by atoms with E-state index in [-0.39, 0.29) is 0 Å². The summed E-state index contributed by atoms with van der Waals surface area (Å²) in [6, 6.07) is 1.19. The van der Waals surface area contributed by atoms with Crippen molar-refractivity contribution in [2.24, 2.45) is 0 Å². The number of halogens is 1. The number of hydrogen-bond donors (Lipinski definition) is 1. The number of likely N-dealkylation sites (N-methyl/N-ethyl adjacent to an activating group) is 1. The van der Waals surface area contributed by atoms with Crippen LogP contribution in [0, 0.1) is 0 Å². The van der Waals surface area contributed by atoms with Gasteiger partial charge in [-0.15, -0.1) is 0 Å². The monoisotopic (exact) mass is 194 g/mol. The van der Waals surface area contributed by atoms with Crippen molar-refractivity contribution in [3.8, 4) is 0 Å². The molecule has 0 heterocycles. The fourth-order valence-electron chi connectivity index (χ4n) is 0.800. The second kappa shape index (κ2) is 7.10. The van der Waals surface area contributed by atoms with Gasteiger partial charge in [0.1, 0.15) is 0 Å². The molecular formula is C7H19ClN2Si. The SMILES string of the molecule is CCC[SiH](Cl)NCCN(C)C. The lowest BCUT2D eigenvalue weighted by molar-refractivity contribution is 0.414. The van der Waals surface area contributed by atoms with Crippen molar-refractivity contribution in [2.45, 2.75) is 19.4 Å². The zero-order valence-corrected chi connectivity index (χ0v) is 9.64. The summed E-state index contributed by atoms with van der Waals surface area (Å²) in [7, 11) is 3.09. The molecule has 0 amide bonds. The zero-order valence-electron chi connectivity index (χ0n) is 7.73. The maximum absolute atomic E-state index is 6.07. The van der Waals surface area contributed by atoms with Crippen LogP contribution in [0.5, 0.6) is 0 Å². The molecule has 0 bridgehead atoms. The quantitative estimate of drug-likeness (QED) is 0.502. The molecule has 0 radical (unpaired) electrons. The summed E-state index contributed by atoms with van der Waals surface area (Å²) >= 11 is 6.07. The fraction of sp³-hybridized carbons (Fsp3) is 1.00. The van der Waals surface area contributed by atoms with Crippen LogP contribution in [0.1, 0.15) is 13.3 Å². The number of rotatable bonds is 6. The summed E-state index contributed by atoms with van der Waals surface area (Å²) in [5.74, 6) is 0. The molecule has 4 heteroatoms. The van der Waals surface area contributed by atoms with Gasteiger partial charge in [-0.05, 0) is 20.1 Å². The lowest BCUT2D eigenvalue weighted by atomic mass is 10.6. The predicted molar refractivity (Wildman–Crippen MR) is 54.7 cm³/mol. The van der Waals surface area contributed by atoms with E-state index in [2.05, 4.69) is 30.9 Å². The Balaban J connectivity index is 3.10. The first-order valence-corrected chi connectivity index (χ1v) is 7.33. The molecule has 68 valence electrons. The van der Waals surface area contributed by atoms with Gasteiger partial charge in [0, 0.05) is 13.1 Å². The van der Waals surface area contributed by atoms with Crippen LogP contribution in [0.4, 0.5) is 0 Å². The second-order valence-corrected chi connectivity index (χ2v) is 6.51. The Morgan fingerprint density at radius 3 is 2.55 bits per heavy atom. The lowest BCUT2D eigenvalue weighted by Gasteiger charge is -2.12. The second-order valence-electron chi connectivity index (χ2n) is 3.01. The smallest absolute Gasteiger partial charge is 0.211 e. The Kier molecular flexibility index (Phi) is 7.37. The number of hydrogen-bond acceptors (Lipinski definition) is 2. The van der Waals surface area contributed by atoms with E-state index in [1.165, 1.54) is 12.5 Å². The minimum atomic E-state index is -1.07. The van der Waals surface area contributed by atoms with E-state index in [0.717, 1.165) is 13.1 Å². The van der Waals surface area contributed by atoms with Crippen molar-refractivity contribution in [1.82, 2.24) is 9.88 Å². The van der Waals surface area contributed by atoms with Crippen LogP contribution in [0.2, 0.25) is 6.04 Å². The summed E-state index contributed by atoms with van der Waals surface area (Å²) in [6.07, 6.45) is 1.20. The van der Waals surface area contributed by atoms with Gasteiger partial charge in [0.05, 0.1) is 0 Å². The molecule has 0 aliphatic heterocycles. The molecule has 1 unspecified atom stereocenters.